The average Bonchev–Trinajstić information content (AvgIpc) is 2.64. The Morgan fingerprint density at radius 2 is 1.76 bits per heavy atom. The Balaban J connectivity index is 1.63. The molecular formula is C18H28N4O3. The molecule has 2 heterocycles. The van der Waals surface area contributed by atoms with Crippen LogP contribution in [0.3, 0.4) is 0 Å². The lowest BCUT2D eigenvalue weighted by molar-refractivity contribution is -0.122. The van der Waals surface area contributed by atoms with Crippen LogP contribution in [0.2, 0.25) is 0 Å². The number of aromatic amines is 1. The highest BCUT2D eigenvalue weighted by atomic mass is 16.2. The van der Waals surface area contributed by atoms with E-state index in [0.29, 0.717) is 6.54 Å². The number of carbonyl (C=O) groups excluding carboxylic acids is 1. The van der Waals surface area contributed by atoms with Crippen molar-refractivity contribution in [1.82, 2.24) is 19.8 Å². The number of hydrogen-bond acceptors (Lipinski definition) is 4. The zero-order valence-corrected chi connectivity index (χ0v) is 14.8. The van der Waals surface area contributed by atoms with Gasteiger partial charge in [0.15, 0.2) is 0 Å². The van der Waals surface area contributed by atoms with E-state index in [1.165, 1.54) is 55.4 Å². The molecule has 3 rings (SSSR count). The molecule has 7 nitrogen and oxygen atoms in total. The Morgan fingerprint density at radius 1 is 1.08 bits per heavy atom. The lowest BCUT2D eigenvalue weighted by atomic mass is 9.79. The first kappa shape index (κ1) is 17.9. The van der Waals surface area contributed by atoms with Gasteiger partial charge in [-0.2, -0.15) is 0 Å². The highest BCUT2D eigenvalue weighted by Crippen LogP contribution is 2.35. The molecule has 1 saturated carbocycles. The van der Waals surface area contributed by atoms with Gasteiger partial charge < -0.3 is 5.32 Å². The molecule has 2 N–H and O–H groups in total. The third-order valence-corrected chi connectivity index (χ3v) is 5.64. The van der Waals surface area contributed by atoms with Crippen LogP contribution in [-0.2, 0) is 11.3 Å². The van der Waals surface area contributed by atoms with Crippen LogP contribution in [0.4, 0.5) is 0 Å². The number of hydrogen-bond donors (Lipinski definition) is 2. The van der Waals surface area contributed by atoms with Crippen molar-refractivity contribution in [2.24, 2.45) is 0 Å². The molecule has 1 aromatic heterocycles. The van der Waals surface area contributed by atoms with Gasteiger partial charge in [0.05, 0.1) is 0 Å². The molecule has 1 aliphatic carbocycles. The summed E-state index contributed by atoms with van der Waals surface area (Å²) in [7, 11) is 0. The minimum Gasteiger partial charge on any atom is -0.353 e. The number of aromatic nitrogens is 2. The van der Waals surface area contributed by atoms with Gasteiger partial charge >= 0.3 is 5.69 Å². The molecule has 1 aromatic rings. The Bertz CT molecular complexity index is 697. The summed E-state index contributed by atoms with van der Waals surface area (Å²) in [6, 6.07) is 1.25. The zero-order valence-electron chi connectivity index (χ0n) is 14.8. The molecule has 0 radical (unpaired) electrons. The van der Waals surface area contributed by atoms with E-state index in [0.717, 1.165) is 25.9 Å². The Morgan fingerprint density at radius 3 is 2.44 bits per heavy atom. The third kappa shape index (κ3) is 4.39. The Hall–Kier alpha value is -1.89. The molecule has 2 fully saturated rings. The minimum absolute atomic E-state index is 0.0638. The number of piperidine rings is 1. The standard InChI is InChI=1S/C18H28N4O3/c23-15-7-12-21(17(25)20-15)13-16(24)19-14-18(8-3-1-4-9-18)22-10-5-2-6-11-22/h7,12H,1-6,8-11,13-14H2,(H,19,24)(H,20,23,25). The summed E-state index contributed by atoms with van der Waals surface area (Å²) in [5.74, 6) is -0.184. The molecule has 0 unspecified atom stereocenters. The van der Waals surface area contributed by atoms with Crippen molar-refractivity contribution in [2.45, 2.75) is 63.5 Å². The fourth-order valence-corrected chi connectivity index (χ4v) is 4.23. The SMILES string of the molecule is O=C(Cn1ccc(=O)[nH]c1=O)NCC1(N2CCCCC2)CCCCC1. The first-order chi connectivity index (χ1) is 12.1. The summed E-state index contributed by atoms with van der Waals surface area (Å²) in [5.41, 5.74) is -0.927. The molecule has 1 amide bonds. The highest BCUT2D eigenvalue weighted by molar-refractivity contribution is 5.75. The smallest absolute Gasteiger partial charge is 0.328 e. The van der Waals surface area contributed by atoms with Gasteiger partial charge in [0.25, 0.3) is 5.56 Å². The van der Waals surface area contributed by atoms with Gasteiger partial charge in [0.2, 0.25) is 5.91 Å². The van der Waals surface area contributed by atoms with Gasteiger partial charge in [0, 0.05) is 24.3 Å². The van der Waals surface area contributed by atoms with Gasteiger partial charge in [-0.25, -0.2) is 4.79 Å². The molecule has 0 spiro atoms. The van der Waals surface area contributed by atoms with Crippen molar-refractivity contribution in [3.05, 3.63) is 33.1 Å². The summed E-state index contributed by atoms with van der Waals surface area (Å²) >= 11 is 0. The van der Waals surface area contributed by atoms with Crippen molar-refractivity contribution in [3.8, 4) is 0 Å². The summed E-state index contributed by atoms with van der Waals surface area (Å²) in [5, 5.41) is 3.05. The number of rotatable bonds is 5. The topological polar surface area (TPSA) is 87.2 Å². The third-order valence-electron chi connectivity index (χ3n) is 5.64. The number of likely N-dealkylation sites (tertiary alicyclic amines) is 1. The second-order valence-electron chi connectivity index (χ2n) is 7.35. The Kier molecular flexibility index (Phi) is 5.73. The van der Waals surface area contributed by atoms with Crippen molar-refractivity contribution in [2.75, 3.05) is 19.6 Å². The summed E-state index contributed by atoms with van der Waals surface area (Å²) in [6.07, 6.45) is 11.1. The van der Waals surface area contributed by atoms with Gasteiger partial charge in [-0.1, -0.05) is 25.7 Å². The number of nitrogens with zero attached hydrogens (tertiary/aromatic N) is 2. The molecular weight excluding hydrogens is 320 g/mol. The monoisotopic (exact) mass is 348 g/mol. The van der Waals surface area contributed by atoms with Crippen molar-refractivity contribution in [3.63, 3.8) is 0 Å². The highest BCUT2D eigenvalue weighted by Gasteiger charge is 2.38. The van der Waals surface area contributed by atoms with Crippen molar-refractivity contribution in [1.29, 1.82) is 0 Å². The summed E-state index contributed by atoms with van der Waals surface area (Å²) in [4.78, 5) is 39.9. The molecule has 0 bridgehead atoms. The fraction of sp³-hybridized carbons (Fsp3) is 0.722. The van der Waals surface area contributed by atoms with Crippen LogP contribution in [0.1, 0.15) is 51.4 Å². The molecule has 1 saturated heterocycles. The van der Waals surface area contributed by atoms with E-state index in [-0.39, 0.29) is 18.0 Å². The lowest BCUT2D eigenvalue weighted by Crippen LogP contribution is -2.58. The first-order valence-corrected chi connectivity index (χ1v) is 9.41. The number of amides is 1. The molecule has 1 aliphatic heterocycles. The molecule has 0 aromatic carbocycles. The van der Waals surface area contributed by atoms with E-state index in [4.69, 9.17) is 0 Å². The van der Waals surface area contributed by atoms with Gasteiger partial charge in [-0.15, -0.1) is 0 Å². The zero-order chi connectivity index (χ0) is 17.7. The maximum atomic E-state index is 12.3. The second kappa shape index (κ2) is 7.99. The van der Waals surface area contributed by atoms with Gasteiger partial charge in [-0.3, -0.25) is 24.0 Å². The van der Waals surface area contributed by atoms with Crippen LogP contribution in [-0.4, -0.2) is 45.5 Å². The minimum atomic E-state index is -0.550. The average molecular weight is 348 g/mol. The lowest BCUT2D eigenvalue weighted by Gasteiger charge is -2.48. The van der Waals surface area contributed by atoms with Gasteiger partial charge in [0.1, 0.15) is 6.54 Å². The van der Waals surface area contributed by atoms with E-state index in [2.05, 4.69) is 15.2 Å². The quantitative estimate of drug-likeness (QED) is 0.825. The Labute approximate surface area is 147 Å². The fourth-order valence-electron chi connectivity index (χ4n) is 4.23. The summed E-state index contributed by atoms with van der Waals surface area (Å²) < 4.78 is 1.23. The number of carbonyl (C=O) groups is 1. The van der Waals surface area contributed by atoms with Crippen LogP contribution in [0, 0.1) is 0 Å². The molecule has 138 valence electrons. The molecule has 0 atom stereocenters. The van der Waals surface area contributed by atoms with Crippen LogP contribution in [0.15, 0.2) is 21.9 Å². The van der Waals surface area contributed by atoms with Crippen molar-refractivity contribution >= 4 is 5.91 Å². The van der Waals surface area contributed by atoms with Gasteiger partial charge in [-0.05, 0) is 38.8 Å². The largest absolute Gasteiger partial charge is 0.353 e. The first-order valence-electron chi connectivity index (χ1n) is 9.41. The van der Waals surface area contributed by atoms with E-state index < -0.39 is 11.2 Å². The normalized spacial score (nSPS) is 21.0. The number of nitrogens with one attached hydrogen (secondary N) is 2. The second-order valence-corrected chi connectivity index (χ2v) is 7.35. The van der Waals surface area contributed by atoms with Crippen LogP contribution in [0.25, 0.3) is 0 Å². The summed E-state index contributed by atoms with van der Waals surface area (Å²) in [6.45, 7) is 2.82. The maximum absolute atomic E-state index is 12.3. The van der Waals surface area contributed by atoms with E-state index in [9.17, 15) is 14.4 Å². The number of H-pyrrole nitrogens is 1. The van der Waals surface area contributed by atoms with Crippen molar-refractivity contribution < 1.29 is 4.79 Å². The molecule has 7 heteroatoms. The molecule has 25 heavy (non-hydrogen) atoms. The van der Waals surface area contributed by atoms with E-state index in [1.54, 1.807) is 0 Å². The molecule has 2 aliphatic rings. The van der Waals surface area contributed by atoms with E-state index in [1.807, 2.05) is 0 Å². The van der Waals surface area contributed by atoms with Crippen LogP contribution < -0.4 is 16.6 Å². The predicted octanol–water partition coefficient (Wildman–Crippen LogP) is 0.842. The maximum Gasteiger partial charge on any atom is 0.328 e. The van der Waals surface area contributed by atoms with Crippen LogP contribution in [0.5, 0.6) is 0 Å². The van der Waals surface area contributed by atoms with E-state index >= 15 is 0 Å². The van der Waals surface area contributed by atoms with Crippen LogP contribution >= 0.6 is 0 Å². The predicted molar refractivity (Wildman–Crippen MR) is 95.6 cm³/mol.